The van der Waals surface area contributed by atoms with E-state index in [4.69, 9.17) is 4.98 Å². The van der Waals surface area contributed by atoms with Crippen molar-refractivity contribution < 1.29 is 8.42 Å². The molecule has 0 bridgehead atoms. The van der Waals surface area contributed by atoms with Crippen LogP contribution in [0.4, 0.5) is 0 Å². The number of hydrogen-bond acceptors (Lipinski definition) is 5. The Balaban J connectivity index is 1.65. The fourth-order valence-corrected chi connectivity index (χ4v) is 6.01. The molecule has 0 aliphatic rings. The second-order valence-corrected chi connectivity index (χ2v) is 9.75. The molecule has 0 radical (unpaired) electrons. The van der Waals surface area contributed by atoms with Crippen LogP contribution in [-0.4, -0.2) is 44.7 Å². The first-order valence-corrected chi connectivity index (χ1v) is 12.5. The van der Waals surface area contributed by atoms with Gasteiger partial charge in [-0.25, -0.2) is 18.4 Å². The van der Waals surface area contributed by atoms with Gasteiger partial charge >= 0.3 is 0 Å². The molecule has 0 spiro atoms. The molecule has 4 aromatic rings. The van der Waals surface area contributed by atoms with Crippen LogP contribution in [0.15, 0.2) is 58.8 Å². The zero-order valence-electron chi connectivity index (χ0n) is 17.3. The van der Waals surface area contributed by atoms with Gasteiger partial charge in [0.25, 0.3) is 0 Å². The number of rotatable bonds is 8. The Morgan fingerprint density at radius 1 is 1.07 bits per heavy atom. The monoisotopic (exact) mass is 443 g/mol. The van der Waals surface area contributed by atoms with Crippen LogP contribution in [0.5, 0.6) is 0 Å². The molecule has 0 fully saturated rings. The van der Waals surface area contributed by atoms with Crippen molar-refractivity contribution in [2.24, 2.45) is 0 Å². The Labute approximate surface area is 180 Å². The SMILES string of the molecule is CCN(CC)S(=O)(=O)c1ccc2c(c1)nc(SCc1cn3ccccc3n1)n2CC. The molecule has 0 aliphatic heterocycles. The number of sulfonamides is 1. The van der Waals surface area contributed by atoms with Crippen molar-refractivity contribution in [3.05, 3.63) is 54.5 Å². The molecule has 0 unspecified atom stereocenters. The molecule has 0 amide bonds. The van der Waals surface area contributed by atoms with Gasteiger partial charge in [-0.3, -0.25) is 0 Å². The third-order valence-electron chi connectivity index (χ3n) is 5.11. The van der Waals surface area contributed by atoms with Crippen molar-refractivity contribution in [1.82, 2.24) is 23.2 Å². The third-order valence-corrected chi connectivity index (χ3v) is 8.16. The molecule has 0 aliphatic carbocycles. The summed E-state index contributed by atoms with van der Waals surface area (Å²) in [7, 11) is -3.51. The fraction of sp³-hybridized carbons (Fsp3) is 0.333. The molecule has 0 atom stereocenters. The van der Waals surface area contributed by atoms with Gasteiger partial charge in [-0.05, 0) is 37.3 Å². The zero-order valence-corrected chi connectivity index (χ0v) is 18.9. The van der Waals surface area contributed by atoms with Crippen LogP contribution in [0.2, 0.25) is 0 Å². The Morgan fingerprint density at radius 3 is 2.57 bits per heavy atom. The summed E-state index contributed by atoms with van der Waals surface area (Å²) in [5.41, 5.74) is 3.53. The summed E-state index contributed by atoms with van der Waals surface area (Å²) in [5.74, 6) is 0.690. The Hall–Kier alpha value is -2.36. The maximum Gasteiger partial charge on any atom is 0.243 e. The number of fused-ring (bicyclic) bond motifs is 2. The highest BCUT2D eigenvalue weighted by atomic mass is 32.2. The minimum absolute atomic E-state index is 0.288. The third kappa shape index (κ3) is 3.73. The van der Waals surface area contributed by atoms with E-state index >= 15 is 0 Å². The smallest absolute Gasteiger partial charge is 0.243 e. The molecular weight excluding hydrogens is 418 g/mol. The normalized spacial score (nSPS) is 12.4. The summed E-state index contributed by atoms with van der Waals surface area (Å²) in [6.45, 7) is 7.41. The molecule has 30 heavy (non-hydrogen) atoms. The number of imidazole rings is 2. The Morgan fingerprint density at radius 2 is 1.87 bits per heavy atom. The van der Waals surface area contributed by atoms with E-state index in [0.717, 1.165) is 28.6 Å². The molecule has 0 saturated carbocycles. The Kier molecular flexibility index (Phi) is 5.86. The second kappa shape index (κ2) is 8.41. The van der Waals surface area contributed by atoms with Gasteiger partial charge in [0.05, 0.1) is 21.6 Å². The minimum atomic E-state index is -3.51. The lowest BCUT2D eigenvalue weighted by Gasteiger charge is -2.18. The number of hydrogen-bond donors (Lipinski definition) is 0. The highest BCUT2D eigenvalue weighted by Crippen LogP contribution is 2.29. The van der Waals surface area contributed by atoms with Gasteiger partial charge in [-0.1, -0.05) is 31.7 Å². The average Bonchev–Trinajstić information content (AvgIpc) is 3.32. The van der Waals surface area contributed by atoms with Gasteiger partial charge in [0.15, 0.2) is 5.16 Å². The zero-order chi connectivity index (χ0) is 21.3. The number of benzene rings is 1. The fourth-order valence-electron chi connectivity index (χ4n) is 3.57. The standard InChI is InChI=1S/C21H25N5O2S2/c1-4-25(5-2)30(27,28)17-10-11-19-18(13-17)23-21(26(19)6-3)29-15-16-14-24-12-8-7-9-20(24)22-16/h7-14H,4-6,15H2,1-3H3. The van der Waals surface area contributed by atoms with Crippen molar-refractivity contribution >= 4 is 38.5 Å². The van der Waals surface area contributed by atoms with Gasteiger partial charge in [0, 0.05) is 37.8 Å². The summed E-state index contributed by atoms with van der Waals surface area (Å²) in [5, 5.41) is 0.863. The summed E-state index contributed by atoms with van der Waals surface area (Å²) in [4.78, 5) is 9.68. The first-order valence-electron chi connectivity index (χ1n) is 10.0. The van der Waals surface area contributed by atoms with Crippen LogP contribution in [0.1, 0.15) is 26.5 Å². The van der Waals surface area contributed by atoms with Crippen LogP contribution in [0, 0.1) is 0 Å². The molecule has 3 aromatic heterocycles. The molecule has 0 saturated heterocycles. The number of aryl methyl sites for hydroxylation is 1. The van der Waals surface area contributed by atoms with Gasteiger partial charge in [0.1, 0.15) is 5.65 Å². The lowest BCUT2D eigenvalue weighted by Crippen LogP contribution is -2.30. The van der Waals surface area contributed by atoms with Gasteiger partial charge in [-0.2, -0.15) is 4.31 Å². The summed E-state index contributed by atoms with van der Waals surface area (Å²) in [6, 6.07) is 11.2. The highest BCUT2D eigenvalue weighted by Gasteiger charge is 2.23. The number of nitrogens with zero attached hydrogens (tertiary/aromatic N) is 5. The molecule has 4 rings (SSSR count). The minimum Gasteiger partial charge on any atom is -0.319 e. The van der Waals surface area contributed by atoms with Gasteiger partial charge in [-0.15, -0.1) is 0 Å². The molecular formula is C21H25N5O2S2. The van der Waals surface area contributed by atoms with Crippen molar-refractivity contribution in [2.75, 3.05) is 13.1 Å². The van der Waals surface area contributed by atoms with Crippen molar-refractivity contribution in [3.63, 3.8) is 0 Å². The predicted molar refractivity (Wildman–Crippen MR) is 120 cm³/mol. The summed E-state index contributed by atoms with van der Waals surface area (Å²) < 4.78 is 31.3. The first kappa shape index (κ1) is 20.9. The molecule has 0 N–H and O–H groups in total. The lowest BCUT2D eigenvalue weighted by atomic mass is 10.3. The quantitative estimate of drug-likeness (QED) is 0.385. The molecule has 158 valence electrons. The van der Waals surface area contributed by atoms with Crippen LogP contribution < -0.4 is 0 Å². The number of pyridine rings is 1. The Bertz CT molecular complexity index is 1260. The van der Waals surface area contributed by atoms with E-state index in [1.165, 1.54) is 4.31 Å². The molecule has 9 heteroatoms. The van der Waals surface area contributed by atoms with E-state index in [9.17, 15) is 8.42 Å². The topological polar surface area (TPSA) is 72.5 Å². The maximum absolute atomic E-state index is 12.9. The van der Waals surface area contributed by atoms with Crippen molar-refractivity contribution in [3.8, 4) is 0 Å². The number of aromatic nitrogens is 4. The van der Waals surface area contributed by atoms with Crippen LogP contribution in [0.3, 0.4) is 0 Å². The van der Waals surface area contributed by atoms with E-state index in [2.05, 4.69) is 16.5 Å². The molecule has 1 aromatic carbocycles. The van der Waals surface area contributed by atoms with Gasteiger partial charge < -0.3 is 8.97 Å². The molecule has 7 nitrogen and oxygen atoms in total. The molecule has 3 heterocycles. The second-order valence-electron chi connectivity index (χ2n) is 6.87. The van der Waals surface area contributed by atoms with Crippen LogP contribution in [-0.2, 0) is 22.3 Å². The van der Waals surface area contributed by atoms with E-state index in [1.807, 2.05) is 54.9 Å². The van der Waals surface area contributed by atoms with Crippen molar-refractivity contribution in [2.45, 2.75) is 43.1 Å². The summed E-state index contributed by atoms with van der Waals surface area (Å²) in [6.07, 6.45) is 4.01. The lowest BCUT2D eigenvalue weighted by molar-refractivity contribution is 0.445. The maximum atomic E-state index is 12.9. The summed E-state index contributed by atoms with van der Waals surface area (Å²) >= 11 is 1.61. The van der Waals surface area contributed by atoms with E-state index in [1.54, 1.807) is 23.9 Å². The number of thioether (sulfide) groups is 1. The van der Waals surface area contributed by atoms with E-state index < -0.39 is 10.0 Å². The van der Waals surface area contributed by atoms with Crippen LogP contribution in [0.25, 0.3) is 16.7 Å². The highest BCUT2D eigenvalue weighted by molar-refractivity contribution is 7.98. The average molecular weight is 444 g/mol. The van der Waals surface area contributed by atoms with Crippen molar-refractivity contribution in [1.29, 1.82) is 0 Å². The van der Waals surface area contributed by atoms with Crippen LogP contribution >= 0.6 is 11.8 Å². The van der Waals surface area contributed by atoms with E-state index in [0.29, 0.717) is 24.4 Å². The first-order chi connectivity index (χ1) is 14.5. The largest absolute Gasteiger partial charge is 0.319 e. The van der Waals surface area contributed by atoms with Gasteiger partial charge in [0.2, 0.25) is 10.0 Å². The predicted octanol–water partition coefficient (Wildman–Crippen LogP) is 4.03. The van der Waals surface area contributed by atoms with E-state index in [-0.39, 0.29) is 4.90 Å².